The van der Waals surface area contributed by atoms with E-state index in [4.69, 9.17) is 70.2 Å². The molecule has 0 saturated heterocycles. The third-order valence-corrected chi connectivity index (χ3v) is 10.7. The molecule has 1 spiro atoms. The van der Waals surface area contributed by atoms with Gasteiger partial charge in [0.05, 0.1) is 38.1 Å². The van der Waals surface area contributed by atoms with E-state index < -0.39 is 34.3 Å². The maximum Gasteiger partial charge on any atom is 0.340 e. The van der Waals surface area contributed by atoms with Crippen molar-refractivity contribution in [2.24, 2.45) is 10.8 Å². The highest BCUT2D eigenvalue weighted by molar-refractivity contribution is 14.1. The third-order valence-electron chi connectivity index (χ3n) is 9.13. The number of halogens is 5. The molecule has 5 rings (SSSR count). The van der Waals surface area contributed by atoms with E-state index in [9.17, 15) is 19.2 Å². The van der Waals surface area contributed by atoms with E-state index >= 15 is 0 Å². The van der Waals surface area contributed by atoms with E-state index in [1.807, 2.05) is 76.3 Å². The van der Waals surface area contributed by atoms with E-state index in [-0.39, 0.29) is 67.1 Å². The lowest BCUT2D eigenvalue weighted by Gasteiger charge is -2.38. The number of hydrogen-bond acceptors (Lipinski definition) is 11. The molecule has 0 amide bonds. The average Bonchev–Trinajstić information content (AvgIpc) is 3.61. The van der Waals surface area contributed by atoms with Crippen LogP contribution in [0.1, 0.15) is 201 Å². The zero-order valence-corrected chi connectivity index (χ0v) is 50.9. The van der Waals surface area contributed by atoms with Crippen LogP contribution in [-0.2, 0) is 39.2 Å². The summed E-state index contributed by atoms with van der Waals surface area (Å²) < 4.78 is 28.7. The first-order valence-corrected chi connectivity index (χ1v) is 27.1. The maximum atomic E-state index is 13.6. The summed E-state index contributed by atoms with van der Waals surface area (Å²) in [6, 6.07) is 6.05. The smallest absolute Gasteiger partial charge is 0.340 e. The number of aryl methyl sites for hydroxylation is 1. The van der Waals surface area contributed by atoms with E-state index in [2.05, 4.69) is 22.4 Å². The summed E-state index contributed by atoms with van der Waals surface area (Å²) in [5.41, 5.74) is -1.77. The van der Waals surface area contributed by atoms with E-state index in [1.165, 1.54) is 43.9 Å². The second kappa shape index (κ2) is 37.1. The van der Waals surface area contributed by atoms with E-state index in [0.717, 1.165) is 19.3 Å². The van der Waals surface area contributed by atoms with Gasteiger partial charge in [-0.05, 0) is 111 Å². The predicted octanol–water partition coefficient (Wildman–Crippen LogP) is 17.8. The van der Waals surface area contributed by atoms with Crippen LogP contribution in [0.3, 0.4) is 0 Å². The maximum absolute atomic E-state index is 13.6. The van der Waals surface area contributed by atoms with Gasteiger partial charge >= 0.3 is 17.9 Å². The first-order valence-electron chi connectivity index (χ1n) is 24.7. The molecule has 3 aromatic carbocycles. The summed E-state index contributed by atoms with van der Waals surface area (Å²) in [4.78, 5) is 55.7. The van der Waals surface area contributed by atoms with Crippen molar-refractivity contribution in [1.82, 2.24) is 5.32 Å². The summed E-state index contributed by atoms with van der Waals surface area (Å²) in [6.45, 7) is 37.9. The molecule has 0 bridgehead atoms. The lowest BCUT2D eigenvalue weighted by molar-refractivity contribution is -0.166. The first kappa shape index (κ1) is 71.6. The molecule has 2 heterocycles. The number of esters is 3. The van der Waals surface area contributed by atoms with E-state index in [1.54, 1.807) is 77.5 Å². The van der Waals surface area contributed by atoms with Gasteiger partial charge in [0.15, 0.2) is 45.9 Å². The molecule has 0 aromatic heterocycles. The van der Waals surface area contributed by atoms with Crippen LogP contribution in [0.2, 0.25) is 20.1 Å². The Hall–Kier alpha value is -2.69. The number of rotatable bonds is 13. The zero-order valence-electron chi connectivity index (χ0n) is 45.7. The van der Waals surface area contributed by atoms with Gasteiger partial charge in [0, 0.05) is 28.7 Å². The molecule has 2 aliphatic rings. The van der Waals surface area contributed by atoms with Gasteiger partial charge in [-0.25, -0.2) is 9.68 Å². The van der Waals surface area contributed by atoms with Gasteiger partial charge in [0.1, 0.15) is 17.1 Å². The van der Waals surface area contributed by atoms with Crippen LogP contribution in [0.4, 0.5) is 0 Å². The van der Waals surface area contributed by atoms with Gasteiger partial charge in [-0.1, -0.05) is 149 Å². The van der Waals surface area contributed by atoms with Gasteiger partial charge in [0.2, 0.25) is 0 Å². The molecule has 1 unspecified atom stereocenters. The van der Waals surface area contributed by atoms with Crippen molar-refractivity contribution in [3.05, 3.63) is 77.7 Å². The molecule has 70 heavy (non-hydrogen) atoms. The molecule has 3 aromatic rings. The summed E-state index contributed by atoms with van der Waals surface area (Å²) >= 11 is 28.4. The van der Waals surface area contributed by atoms with Crippen LogP contribution >= 0.6 is 69.4 Å². The molecular weight excluding hydrogens is 1090 g/mol. The van der Waals surface area contributed by atoms with Gasteiger partial charge < -0.3 is 29.1 Å². The Morgan fingerprint density at radius 2 is 1.19 bits per heavy atom. The molecule has 0 fully saturated rings. The highest BCUT2D eigenvalue weighted by atomic mass is 127. The Morgan fingerprint density at radius 1 is 0.714 bits per heavy atom. The molecule has 400 valence electrons. The van der Waals surface area contributed by atoms with Crippen LogP contribution in [0.15, 0.2) is 24.3 Å². The highest BCUT2D eigenvalue weighted by Crippen LogP contribution is 2.62. The Morgan fingerprint density at radius 3 is 1.67 bits per heavy atom. The van der Waals surface area contributed by atoms with Gasteiger partial charge in [-0.15, -0.1) is 0 Å². The number of hydrogen-bond donors (Lipinski definition) is 1. The molecular formula is C54H84Cl4INO10. The SMILES string of the molecule is CC.CC.CC.CC.CC.CCC.CNCCCCCCOOI.Cc1c(OC(=O)C(C)(C)C)c(Cl)cc2c1Oc1c(cc(CCC=O)c(OC(=O)C(C)(C)C)c1Cl)C21OC(=O)c2cc(Cl)c(Cl)cc21. The van der Waals surface area contributed by atoms with Crippen LogP contribution in [0, 0.1) is 17.8 Å². The monoisotopic (exact) mass is 1170 g/mol. The second-order valence-electron chi connectivity index (χ2n) is 16.3. The molecule has 16 heteroatoms. The second-order valence-corrected chi connectivity index (χ2v) is 18.3. The lowest BCUT2D eigenvalue weighted by Crippen LogP contribution is -2.34. The quantitative estimate of drug-likeness (QED) is 0.0333. The normalized spacial score (nSPS) is 13.2. The number of carbonyl (C=O) groups excluding carboxylic acids is 4. The Balaban J connectivity index is -0.00000158. The minimum absolute atomic E-state index is 0.00553. The van der Waals surface area contributed by atoms with Crippen molar-refractivity contribution >= 4 is 93.6 Å². The van der Waals surface area contributed by atoms with Gasteiger partial charge in [0.25, 0.3) is 0 Å². The lowest BCUT2D eigenvalue weighted by atomic mass is 9.76. The zero-order chi connectivity index (χ0) is 55.2. The van der Waals surface area contributed by atoms with Crippen LogP contribution in [-0.4, -0.2) is 44.4 Å². The first-order chi connectivity index (χ1) is 33.1. The minimum Gasteiger partial charge on any atom is -0.454 e. The van der Waals surface area contributed by atoms with Gasteiger partial charge in [-0.2, -0.15) is 3.22 Å². The standard InChI is InChI=1S/C34H30Cl4O8.C7H16INO2.C3H8.5C2H6/c1-15-25-20(14-23(37)26(15)44-30(41)32(2,3)4)34(18-13-22(36)21(35)12-17(18)29(40)46-34)19-11-16(9-8-10-39)27(24(38)28(19)43-25)45-31(42)33(5,6)7;1-9-6-4-2-3-5-7-10-11-8;1-3-2;5*1-2/h10-14H,8-9H2,1-7H3;9H,2-7H2,1H3;3H2,1-2H3;5*1-2H3. The molecule has 1 N–H and O–H groups in total. The fourth-order valence-corrected chi connectivity index (χ4v) is 7.14. The number of nitrogens with one attached hydrogen (secondary N) is 1. The largest absolute Gasteiger partial charge is 0.454 e. The van der Waals surface area contributed by atoms with Crippen molar-refractivity contribution in [2.45, 2.75) is 182 Å². The summed E-state index contributed by atoms with van der Waals surface area (Å²) in [5, 5.41) is 3.34. The minimum atomic E-state index is -1.74. The Bertz CT molecular complexity index is 2040. The highest BCUT2D eigenvalue weighted by Gasteiger charge is 2.56. The fourth-order valence-electron chi connectivity index (χ4n) is 6.04. The molecule has 11 nitrogen and oxygen atoms in total. The molecule has 2 aliphatic heterocycles. The average molecular weight is 1180 g/mol. The summed E-state index contributed by atoms with van der Waals surface area (Å²) in [6.07, 6.45) is 7.02. The Kier molecular flexibility index (Phi) is 37.9. The predicted molar refractivity (Wildman–Crippen MR) is 300 cm³/mol. The molecule has 0 radical (unpaired) electrons. The van der Waals surface area contributed by atoms with Crippen LogP contribution in [0.5, 0.6) is 23.0 Å². The van der Waals surface area contributed by atoms with Crippen LogP contribution < -0.4 is 19.5 Å². The summed E-state index contributed by atoms with van der Waals surface area (Å²) in [7, 11) is 1.98. The Labute approximate surface area is 456 Å². The van der Waals surface area contributed by atoms with Crippen molar-refractivity contribution < 1.29 is 46.2 Å². The molecule has 0 aliphatic carbocycles. The van der Waals surface area contributed by atoms with Gasteiger partial charge in [-0.3, -0.25) is 9.59 Å². The number of ether oxygens (including phenoxy) is 4. The number of fused-ring (bicyclic) bond motifs is 6. The molecule has 0 saturated carbocycles. The fraction of sp³-hybridized carbons (Fsp3) is 0.593. The number of carbonyl (C=O) groups is 4. The van der Waals surface area contributed by atoms with Crippen LogP contribution in [0.25, 0.3) is 0 Å². The summed E-state index contributed by atoms with van der Waals surface area (Å²) in [5.74, 6) is -1.66. The number of unbranched alkanes of at least 4 members (excludes halogenated alkanes) is 3. The van der Waals surface area contributed by atoms with Crippen molar-refractivity contribution in [3.8, 4) is 23.0 Å². The van der Waals surface area contributed by atoms with Crippen molar-refractivity contribution in [1.29, 1.82) is 0 Å². The van der Waals surface area contributed by atoms with E-state index in [0.29, 0.717) is 28.9 Å². The van der Waals surface area contributed by atoms with Crippen molar-refractivity contribution in [2.75, 3.05) is 20.2 Å². The molecule has 1 atom stereocenters. The van der Waals surface area contributed by atoms with Crippen molar-refractivity contribution in [3.63, 3.8) is 0 Å². The number of aldehydes is 1. The third kappa shape index (κ3) is 20.0. The number of benzene rings is 3. The topological polar surface area (TPSA) is 136 Å².